The Morgan fingerprint density at radius 3 is 2.60 bits per heavy atom. The van der Waals surface area contributed by atoms with Crippen LogP contribution in [0.3, 0.4) is 0 Å². The molecular formula is C11H15BrN2O. The lowest BCUT2D eigenvalue weighted by atomic mass is 10.2. The number of amides is 1. The predicted octanol–water partition coefficient (Wildman–Crippen LogP) is 2.39. The molecular weight excluding hydrogens is 256 g/mol. The zero-order valence-corrected chi connectivity index (χ0v) is 10.3. The zero-order valence-electron chi connectivity index (χ0n) is 8.72. The Morgan fingerprint density at radius 1 is 1.33 bits per heavy atom. The average Bonchev–Trinajstić information content (AvgIpc) is 2.22. The molecule has 0 aliphatic rings. The summed E-state index contributed by atoms with van der Waals surface area (Å²) in [5, 5.41) is 5.85. The summed E-state index contributed by atoms with van der Waals surface area (Å²) in [7, 11) is 1.88. The van der Waals surface area contributed by atoms with E-state index in [1.54, 1.807) is 0 Å². The maximum atomic E-state index is 11.4. The van der Waals surface area contributed by atoms with E-state index in [9.17, 15) is 4.79 Å². The number of carbonyl (C=O) groups is 1. The highest BCUT2D eigenvalue weighted by Crippen LogP contribution is 2.14. The Labute approximate surface area is 98.4 Å². The number of rotatable bonds is 5. The van der Waals surface area contributed by atoms with Crippen LogP contribution in [0.15, 0.2) is 28.7 Å². The van der Waals surface area contributed by atoms with Crippen molar-refractivity contribution in [3.05, 3.63) is 28.7 Å². The van der Waals surface area contributed by atoms with Gasteiger partial charge in [0.1, 0.15) is 0 Å². The van der Waals surface area contributed by atoms with Gasteiger partial charge in [0.25, 0.3) is 0 Å². The smallest absolute Gasteiger partial charge is 0.224 e. The Hall–Kier alpha value is -0.870. The Morgan fingerprint density at radius 2 is 2.00 bits per heavy atom. The maximum Gasteiger partial charge on any atom is 0.224 e. The van der Waals surface area contributed by atoms with Crippen molar-refractivity contribution >= 4 is 27.5 Å². The molecule has 0 saturated carbocycles. The maximum absolute atomic E-state index is 11.4. The monoisotopic (exact) mass is 270 g/mol. The normalized spacial score (nSPS) is 10.0. The largest absolute Gasteiger partial charge is 0.326 e. The second-order valence-corrected chi connectivity index (χ2v) is 4.18. The molecule has 15 heavy (non-hydrogen) atoms. The lowest BCUT2D eigenvalue weighted by Gasteiger charge is -2.04. The Kier molecular flexibility index (Phi) is 5.36. The van der Waals surface area contributed by atoms with Crippen LogP contribution in [0.2, 0.25) is 0 Å². The molecule has 1 amide bonds. The van der Waals surface area contributed by atoms with Gasteiger partial charge < -0.3 is 10.6 Å². The molecule has 82 valence electrons. The molecule has 1 aromatic rings. The molecule has 0 aliphatic heterocycles. The number of carbonyl (C=O) groups excluding carboxylic acids is 1. The van der Waals surface area contributed by atoms with E-state index in [1.807, 2.05) is 31.3 Å². The molecule has 0 aliphatic carbocycles. The summed E-state index contributed by atoms with van der Waals surface area (Å²) >= 11 is 3.34. The van der Waals surface area contributed by atoms with E-state index < -0.39 is 0 Å². The van der Waals surface area contributed by atoms with Crippen LogP contribution < -0.4 is 10.6 Å². The van der Waals surface area contributed by atoms with Crippen LogP contribution in [0.5, 0.6) is 0 Å². The van der Waals surface area contributed by atoms with Crippen molar-refractivity contribution in [3.63, 3.8) is 0 Å². The molecule has 0 atom stereocenters. The summed E-state index contributed by atoms with van der Waals surface area (Å²) in [6, 6.07) is 7.56. The predicted molar refractivity (Wildman–Crippen MR) is 65.9 cm³/mol. The molecule has 2 N–H and O–H groups in total. The number of halogens is 1. The number of nitrogens with one attached hydrogen (secondary N) is 2. The average molecular weight is 271 g/mol. The molecule has 4 heteroatoms. The lowest BCUT2D eigenvalue weighted by Crippen LogP contribution is -2.15. The van der Waals surface area contributed by atoms with Gasteiger partial charge in [-0.25, -0.2) is 0 Å². The second kappa shape index (κ2) is 6.58. The Bertz CT molecular complexity index is 311. The van der Waals surface area contributed by atoms with E-state index in [4.69, 9.17) is 0 Å². The third kappa shape index (κ3) is 4.95. The molecule has 0 bridgehead atoms. The van der Waals surface area contributed by atoms with Crippen molar-refractivity contribution in [2.75, 3.05) is 18.9 Å². The first kappa shape index (κ1) is 12.2. The summed E-state index contributed by atoms with van der Waals surface area (Å²) in [6.45, 7) is 0.869. The fourth-order valence-electron chi connectivity index (χ4n) is 1.18. The van der Waals surface area contributed by atoms with Crippen molar-refractivity contribution in [1.29, 1.82) is 0 Å². The summed E-state index contributed by atoms with van der Waals surface area (Å²) in [4.78, 5) is 11.4. The summed E-state index contributed by atoms with van der Waals surface area (Å²) < 4.78 is 1.01. The van der Waals surface area contributed by atoms with Crippen molar-refractivity contribution in [3.8, 4) is 0 Å². The molecule has 0 aromatic heterocycles. The minimum Gasteiger partial charge on any atom is -0.326 e. The van der Waals surface area contributed by atoms with Gasteiger partial charge in [-0.3, -0.25) is 4.79 Å². The summed E-state index contributed by atoms with van der Waals surface area (Å²) in [5.41, 5.74) is 0.840. The van der Waals surface area contributed by atoms with E-state index in [0.29, 0.717) is 6.42 Å². The SMILES string of the molecule is CNCCCC(=O)Nc1ccc(Br)cc1. The molecule has 0 unspecified atom stereocenters. The van der Waals surface area contributed by atoms with Crippen LogP contribution in [-0.2, 0) is 4.79 Å². The van der Waals surface area contributed by atoms with E-state index in [1.165, 1.54) is 0 Å². The standard InChI is InChI=1S/C11H15BrN2O/c1-13-8-2-3-11(15)14-10-6-4-9(12)5-7-10/h4-7,13H,2-3,8H2,1H3,(H,14,15). The molecule has 0 saturated heterocycles. The first-order chi connectivity index (χ1) is 7.22. The Balaban J connectivity index is 2.34. The first-order valence-corrected chi connectivity index (χ1v) is 5.71. The van der Waals surface area contributed by atoms with Gasteiger partial charge in [-0.1, -0.05) is 15.9 Å². The molecule has 1 aromatic carbocycles. The van der Waals surface area contributed by atoms with E-state index >= 15 is 0 Å². The summed E-state index contributed by atoms with van der Waals surface area (Å²) in [6.07, 6.45) is 1.41. The van der Waals surface area contributed by atoms with Gasteiger partial charge in [-0.2, -0.15) is 0 Å². The minimum atomic E-state index is 0.0626. The highest BCUT2D eigenvalue weighted by atomic mass is 79.9. The number of hydrogen-bond donors (Lipinski definition) is 2. The summed E-state index contributed by atoms with van der Waals surface area (Å²) in [5.74, 6) is 0.0626. The quantitative estimate of drug-likeness (QED) is 0.807. The van der Waals surface area contributed by atoms with Crippen LogP contribution in [0.1, 0.15) is 12.8 Å². The van der Waals surface area contributed by atoms with Crippen molar-refractivity contribution < 1.29 is 4.79 Å². The number of benzene rings is 1. The molecule has 0 fully saturated rings. The van der Waals surface area contributed by atoms with Gasteiger partial charge in [0, 0.05) is 16.6 Å². The highest BCUT2D eigenvalue weighted by molar-refractivity contribution is 9.10. The minimum absolute atomic E-state index is 0.0626. The van der Waals surface area contributed by atoms with Gasteiger partial charge >= 0.3 is 0 Å². The molecule has 1 rings (SSSR count). The van der Waals surface area contributed by atoms with Gasteiger partial charge in [0.2, 0.25) is 5.91 Å². The van der Waals surface area contributed by atoms with Crippen molar-refractivity contribution in [2.45, 2.75) is 12.8 Å². The van der Waals surface area contributed by atoms with Crippen LogP contribution in [0, 0.1) is 0 Å². The fraction of sp³-hybridized carbons (Fsp3) is 0.364. The van der Waals surface area contributed by atoms with Crippen molar-refractivity contribution in [2.24, 2.45) is 0 Å². The van der Waals surface area contributed by atoms with Crippen molar-refractivity contribution in [1.82, 2.24) is 5.32 Å². The highest BCUT2D eigenvalue weighted by Gasteiger charge is 2.01. The zero-order chi connectivity index (χ0) is 11.1. The van der Waals surface area contributed by atoms with E-state index in [0.717, 1.165) is 23.1 Å². The van der Waals surface area contributed by atoms with Gasteiger partial charge in [-0.15, -0.1) is 0 Å². The molecule has 0 radical (unpaired) electrons. The van der Waals surface area contributed by atoms with Gasteiger partial charge in [-0.05, 0) is 44.3 Å². The van der Waals surface area contributed by atoms with Gasteiger partial charge in [0.15, 0.2) is 0 Å². The van der Waals surface area contributed by atoms with E-state index in [2.05, 4.69) is 26.6 Å². The van der Waals surface area contributed by atoms with Crippen LogP contribution >= 0.6 is 15.9 Å². The molecule has 0 spiro atoms. The number of anilines is 1. The first-order valence-electron chi connectivity index (χ1n) is 4.92. The lowest BCUT2D eigenvalue weighted by molar-refractivity contribution is -0.116. The molecule has 3 nitrogen and oxygen atoms in total. The van der Waals surface area contributed by atoms with Crippen LogP contribution in [-0.4, -0.2) is 19.5 Å². The third-order valence-electron chi connectivity index (χ3n) is 1.96. The second-order valence-electron chi connectivity index (χ2n) is 3.26. The van der Waals surface area contributed by atoms with Gasteiger partial charge in [0.05, 0.1) is 0 Å². The van der Waals surface area contributed by atoms with Crippen LogP contribution in [0.4, 0.5) is 5.69 Å². The van der Waals surface area contributed by atoms with E-state index in [-0.39, 0.29) is 5.91 Å². The third-order valence-corrected chi connectivity index (χ3v) is 2.49. The number of hydrogen-bond acceptors (Lipinski definition) is 2. The topological polar surface area (TPSA) is 41.1 Å². The fourth-order valence-corrected chi connectivity index (χ4v) is 1.45. The molecule has 0 heterocycles. The van der Waals surface area contributed by atoms with Crippen LogP contribution in [0.25, 0.3) is 0 Å².